The molecule has 0 aromatic heterocycles. The first-order valence-electron chi connectivity index (χ1n) is 7.70. The highest BCUT2D eigenvalue weighted by Gasteiger charge is 2.06. The number of esters is 1. The number of nitrogens with one attached hydrogen (secondary N) is 1. The summed E-state index contributed by atoms with van der Waals surface area (Å²) in [5.74, 6) is -0.321. The molecule has 2 aromatic carbocycles. The fourth-order valence-corrected chi connectivity index (χ4v) is 2.24. The van der Waals surface area contributed by atoms with Gasteiger partial charge in [0.2, 0.25) is 0 Å². The number of carbonyl (C=O) groups is 2. The van der Waals surface area contributed by atoms with Crippen molar-refractivity contribution in [3.05, 3.63) is 64.6 Å². The molecular formula is C19H18BrNO4. The molecule has 0 unspecified atom stereocenters. The lowest BCUT2D eigenvalue weighted by molar-refractivity contribution is -0.142. The maximum absolute atomic E-state index is 11.8. The zero-order valence-electron chi connectivity index (χ0n) is 13.7. The second-order valence-corrected chi connectivity index (χ2v) is 5.88. The number of rotatable bonds is 7. The molecule has 0 radical (unpaired) electrons. The van der Waals surface area contributed by atoms with Crippen molar-refractivity contribution >= 4 is 39.6 Å². The zero-order valence-corrected chi connectivity index (χ0v) is 15.3. The van der Waals surface area contributed by atoms with Gasteiger partial charge in [0.1, 0.15) is 5.75 Å². The quantitative estimate of drug-likeness (QED) is 0.559. The number of anilines is 1. The van der Waals surface area contributed by atoms with Crippen molar-refractivity contribution in [3.63, 3.8) is 0 Å². The normalized spacial score (nSPS) is 10.5. The Hall–Kier alpha value is -2.60. The molecule has 2 rings (SSSR count). The molecule has 0 aliphatic heterocycles. The Bertz CT molecular complexity index is 756. The van der Waals surface area contributed by atoms with Gasteiger partial charge in [0.05, 0.1) is 6.61 Å². The zero-order chi connectivity index (χ0) is 18.1. The van der Waals surface area contributed by atoms with E-state index in [-0.39, 0.29) is 6.61 Å². The summed E-state index contributed by atoms with van der Waals surface area (Å²) in [7, 11) is 0. The van der Waals surface area contributed by atoms with Crippen LogP contribution in [0.25, 0.3) is 6.08 Å². The van der Waals surface area contributed by atoms with E-state index >= 15 is 0 Å². The van der Waals surface area contributed by atoms with Crippen LogP contribution in [0.3, 0.4) is 0 Å². The second-order valence-electron chi connectivity index (χ2n) is 4.97. The summed E-state index contributed by atoms with van der Waals surface area (Å²) in [6.45, 7) is 2.07. The summed E-state index contributed by atoms with van der Waals surface area (Å²) in [5.41, 5.74) is 1.39. The predicted octanol–water partition coefficient (Wildman–Crippen LogP) is 4.04. The summed E-state index contributed by atoms with van der Waals surface area (Å²) < 4.78 is 11.3. The molecule has 25 heavy (non-hydrogen) atoms. The number of carbonyl (C=O) groups excluding carboxylic acids is 2. The molecule has 1 N–H and O–H groups in total. The van der Waals surface area contributed by atoms with Crippen LogP contribution >= 0.6 is 15.9 Å². The van der Waals surface area contributed by atoms with E-state index in [1.165, 1.54) is 6.08 Å². The van der Waals surface area contributed by atoms with Crippen molar-refractivity contribution in [3.8, 4) is 5.75 Å². The second kappa shape index (κ2) is 9.64. The lowest BCUT2D eigenvalue weighted by Crippen LogP contribution is -2.20. The number of ether oxygens (including phenoxy) is 2. The average molecular weight is 404 g/mol. The molecule has 130 valence electrons. The Balaban J connectivity index is 1.84. The van der Waals surface area contributed by atoms with Crippen molar-refractivity contribution < 1.29 is 19.1 Å². The van der Waals surface area contributed by atoms with E-state index in [4.69, 9.17) is 9.47 Å². The Labute approximate surface area is 154 Å². The van der Waals surface area contributed by atoms with Crippen molar-refractivity contribution in [2.45, 2.75) is 6.92 Å². The summed E-state index contributed by atoms with van der Waals surface area (Å²) >= 11 is 3.31. The van der Waals surface area contributed by atoms with Gasteiger partial charge in [0.15, 0.2) is 6.61 Å². The molecule has 0 saturated carbocycles. The Morgan fingerprint density at radius 3 is 2.56 bits per heavy atom. The summed E-state index contributed by atoms with van der Waals surface area (Å²) in [6.07, 6.45) is 2.87. The first kappa shape index (κ1) is 18.7. The minimum Gasteiger partial charge on any atom is -0.493 e. The van der Waals surface area contributed by atoms with Crippen LogP contribution in [0.15, 0.2) is 59.1 Å². The minimum atomic E-state index is -0.600. The molecule has 0 spiro atoms. The molecule has 0 saturated heterocycles. The molecule has 1 amide bonds. The smallest absolute Gasteiger partial charge is 0.331 e. The van der Waals surface area contributed by atoms with Crippen molar-refractivity contribution in [1.29, 1.82) is 0 Å². The largest absolute Gasteiger partial charge is 0.493 e. The maximum atomic E-state index is 11.8. The molecule has 0 fully saturated rings. The molecule has 0 heterocycles. The lowest BCUT2D eigenvalue weighted by Gasteiger charge is -2.07. The molecule has 5 nitrogen and oxygen atoms in total. The third-order valence-corrected chi connectivity index (χ3v) is 3.62. The van der Waals surface area contributed by atoms with Crippen LogP contribution in [-0.4, -0.2) is 25.1 Å². The van der Waals surface area contributed by atoms with Gasteiger partial charge in [-0.05, 0) is 43.3 Å². The molecule has 6 heteroatoms. The van der Waals surface area contributed by atoms with Gasteiger partial charge in [-0.15, -0.1) is 0 Å². The molecular weight excluding hydrogens is 386 g/mol. The standard InChI is InChI=1S/C19H18BrNO4/c1-2-24-17-6-4-3-5-14(17)7-12-19(23)25-13-18(22)21-16-10-8-15(20)9-11-16/h3-12H,2,13H2,1H3,(H,21,22)/b12-7+. The highest BCUT2D eigenvalue weighted by molar-refractivity contribution is 9.10. The van der Waals surface area contributed by atoms with Crippen molar-refractivity contribution in [2.24, 2.45) is 0 Å². The van der Waals surface area contributed by atoms with E-state index < -0.39 is 11.9 Å². The fourth-order valence-electron chi connectivity index (χ4n) is 1.98. The van der Waals surface area contributed by atoms with Gasteiger partial charge < -0.3 is 14.8 Å². The monoisotopic (exact) mass is 403 g/mol. The van der Waals surface area contributed by atoms with Crippen LogP contribution in [0.1, 0.15) is 12.5 Å². The lowest BCUT2D eigenvalue weighted by atomic mass is 10.2. The molecule has 2 aromatic rings. The molecule has 0 bridgehead atoms. The summed E-state index contributed by atoms with van der Waals surface area (Å²) in [6, 6.07) is 14.4. The number of halogens is 1. The van der Waals surface area contributed by atoms with Gasteiger partial charge in [-0.1, -0.05) is 34.1 Å². The fraction of sp³-hybridized carbons (Fsp3) is 0.158. The van der Waals surface area contributed by atoms with Gasteiger partial charge in [0, 0.05) is 21.8 Å². The van der Waals surface area contributed by atoms with Crippen LogP contribution in [-0.2, 0) is 14.3 Å². The van der Waals surface area contributed by atoms with Gasteiger partial charge in [-0.3, -0.25) is 4.79 Å². The van der Waals surface area contributed by atoms with Crippen LogP contribution < -0.4 is 10.1 Å². The van der Waals surface area contributed by atoms with Crippen molar-refractivity contribution in [2.75, 3.05) is 18.5 Å². The molecule has 0 atom stereocenters. The van der Waals surface area contributed by atoms with Crippen LogP contribution in [0.4, 0.5) is 5.69 Å². The first-order valence-corrected chi connectivity index (χ1v) is 8.50. The van der Waals surface area contributed by atoms with E-state index in [0.29, 0.717) is 18.0 Å². The Morgan fingerprint density at radius 1 is 1.12 bits per heavy atom. The first-order chi connectivity index (χ1) is 12.1. The van der Waals surface area contributed by atoms with Gasteiger partial charge in [-0.2, -0.15) is 0 Å². The van der Waals surface area contributed by atoms with Crippen LogP contribution in [0.2, 0.25) is 0 Å². The highest BCUT2D eigenvalue weighted by atomic mass is 79.9. The highest BCUT2D eigenvalue weighted by Crippen LogP contribution is 2.19. The SMILES string of the molecule is CCOc1ccccc1/C=C/C(=O)OCC(=O)Nc1ccc(Br)cc1. The minimum absolute atomic E-state index is 0.355. The van der Waals surface area contributed by atoms with E-state index in [1.807, 2.05) is 31.2 Å². The van der Waals surface area contributed by atoms with E-state index in [2.05, 4.69) is 21.2 Å². The van der Waals surface area contributed by atoms with Crippen LogP contribution in [0.5, 0.6) is 5.75 Å². The summed E-state index contributed by atoms with van der Waals surface area (Å²) in [5, 5.41) is 2.64. The van der Waals surface area contributed by atoms with E-state index in [9.17, 15) is 9.59 Å². The van der Waals surface area contributed by atoms with Gasteiger partial charge in [-0.25, -0.2) is 4.79 Å². The molecule has 0 aliphatic rings. The molecule has 0 aliphatic carbocycles. The average Bonchev–Trinajstić information content (AvgIpc) is 2.61. The number of amides is 1. The number of hydrogen-bond acceptors (Lipinski definition) is 4. The third kappa shape index (κ3) is 6.43. The maximum Gasteiger partial charge on any atom is 0.331 e. The number of para-hydroxylation sites is 1. The topological polar surface area (TPSA) is 64.6 Å². The van der Waals surface area contributed by atoms with Crippen LogP contribution in [0, 0.1) is 0 Å². The number of hydrogen-bond donors (Lipinski definition) is 1. The van der Waals surface area contributed by atoms with E-state index in [1.54, 1.807) is 30.3 Å². The third-order valence-electron chi connectivity index (χ3n) is 3.09. The van der Waals surface area contributed by atoms with E-state index in [0.717, 1.165) is 10.0 Å². The Kier molecular flexibility index (Phi) is 7.22. The van der Waals surface area contributed by atoms with Crippen molar-refractivity contribution in [1.82, 2.24) is 0 Å². The number of benzene rings is 2. The van der Waals surface area contributed by atoms with Gasteiger partial charge in [0.25, 0.3) is 5.91 Å². The Morgan fingerprint density at radius 2 is 1.84 bits per heavy atom. The van der Waals surface area contributed by atoms with Gasteiger partial charge >= 0.3 is 5.97 Å². The predicted molar refractivity (Wildman–Crippen MR) is 100 cm³/mol. The summed E-state index contributed by atoms with van der Waals surface area (Å²) in [4.78, 5) is 23.5.